The SMILES string of the molecule is CN1CCN([C@H]2C[C@@H](CO[C@H]3CC[C@H](C(=O)O)CC3)N(C(=O)Cc3cc(Cl)c(NC(=O)c4cn(C)c5ccccc45)cc3Cl)C2)CC1. The van der Waals surface area contributed by atoms with E-state index in [1.807, 2.05) is 40.8 Å². The number of hydrogen-bond acceptors (Lipinski definition) is 6. The second-order valence-electron chi connectivity index (χ2n) is 13.3. The number of ether oxygens (including phenoxy) is 1. The molecule has 10 nitrogen and oxygen atoms in total. The minimum absolute atomic E-state index is 0.00937. The van der Waals surface area contributed by atoms with Crippen molar-refractivity contribution >= 4 is 57.6 Å². The highest BCUT2D eigenvalue weighted by Gasteiger charge is 2.39. The van der Waals surface area contributed by atoms with Crippen LogP contribution in [0.3, 0.4) is 0 Å². The average Bonchev–Trinajstić information content (AvgIpc) is 3.64. The minimum Gasteiger partial charge on any atom is -0.481 e. The molecule has 1 aliphatic carbocycles. The summed E-state index contributed by atoms with van der Waals surface area (Å²) in [4.78, 5) is 45.3. The number of nitrogens with one attached hydrogen (secondary N) is 1. The van der Waals surface area contributed by atoms with Gasteiger partial charge in [-0.1, -0.05) is 41.4 Å². The van der Waals surface area contributed by atoms with Crippen molar-refractivity contribution in [3.63, 3.8) is 0 Å². The number of likely N-dealkylation sites (N-methyl/N-ethyl adjacent to an activating group) is 1. The molecule has 0 unspecified atom stereocenters. The van der Waals surface area contributed by atoms with Gasteiger partial charge < -0.3 is 29.5 Å². The first-order valence-electron chi connectivity index (χ1n) is 16.5. The molecule has 2 atom stereocenters. The molecule has 0 radical (unpaired) electrons. The predicted octanol–water partition coefficient (Wildman–Crippen LogP) is 5.16. The Bertz CT molecular complexity index is 1630. The number of anilines is 1. The molecule has 6 rings (SSSR count). The van der Waals surface area contributed by atoms with Crippen LogP contribution in [-0.2, 0) is 27.8 Å². The van der Waals surface area contributed by atoms with Gasteiger partial charge in [0.15, 0.2) is 0 Å². The number of benzene rings is 2. The summed E-state index contributed by atoms with van der Waals surface area (Å²) in [7, 11) is 4.03. The fraction of sp³-hybridized carbons (Fsp3) is 0.514. The first-order valence-corrected chi connectivity index (χ1v) is 17.2. The van der Waals surface area contributed by atoms with Crippen molar-refractivity contribution in [3.05, 3.63) is 63.8 Å². The molecule has 2 saturated heterocycles. The third kappa shape index (κ3) is 7.62. The topological polar surface area (TPSA) is 107 Å². The van der Waals surface area contributed by atoms with E-state index in [9.17, 15) is 19.5 Å². The van der Waals surface area contributed by atoms with Gasteiger partial charge in [0, 0.05) is 67.9 Å². The van der Waals surface area contributed by atoms with Crippen LogP contribution < -0.4 is 5.32 Å². The van der Waals surface area contributed by atoms with E-state index in [4.69, 9.17) is 27.9 Å². The van der Waals surface area contributed by atoms with Crippen LogP contribution >= 0.6 is 23.2 Å². The van der Waals surface area contributed by atoms with Crippen LogP contribution in [0.5, 0.6) is 0 Å². The maximum absolute atomic E-state index is 13.9. The lowest BCUT2D eigenvalue weighted by atomic mass is 9.87. The average molecular weight is 685 g/mol. The van der Waals surface area contributed by atoms with Gasteiger partial charge in [-0.15, -0.1) is 0 Å². The van der Waals surface area contributed by atoms with E-state index in [-0.39, 0.29) is 42.3 Å². The minimum atomic E-state index is -0.731. The number of rotatable bonds is 9. The van der Waals surface area contributed by atoms with E-state index in [0.29, 0.717) is 52.9 Å². The van der Waals surface area contributed by atoms with Crippen molar-refractivity contribution in [2.24, 2.45) is 13.0 Å². The van der Waals surface area contributed by atoms with E-state index < -0.39 is 5.97 Å². The monoisotopic (exact) mass is 683 g/mol. The summed E-state index contributed by atoms with van der Waals surface area (Å²) in [5.41, 5.74) is 2.45. The number of nitrogens with zero attached hydrogens (tertiary/aromatic N) is 4. The van der Waals surface area contributed by atoms with Crippen LogP contribution in [0.15, 0.2) is 42.6 Å². The van der Waals surface area contributed by atoms with Crippen LogP contribution in [0.2, 0.25) is 10.0 Å². The van der Waals surface area contributed by atoms with Crippen molar-refractivity contribution < 1.29 is 24.2 Å². The van der Waals surface area contributed by atoms with Crippen molar-refractivity contribution in [2.75, 3.05) is 51.7 Å². The molecular weight excluding hydrogens is 641 g/mol. The summed E-state index contributed by atoms with van der Waals surface area (Å²) in [5, 5.41) is 13.7. The summed E-state index contributed by atoms with van der Waals surface area (Å²) in [6.07, 6.45) is 5.38. The van der Waals surface area contributed by atoms with Gasteiger partial charge in [0.25, 0.3) is 5.91 Å². The third-order valence-corrected chi connectivity index (χ3v) is 10.8. The Balaban J connectivity index is 1.13. The molecule has 0 spiro atoms. The van der Waals surface area contributed by atoms with E-state index in [1.54, 1.807) is 18.3 Å². The van der Waals surface area contributed by atoms with E-state index >= 15 is 0 Å². The third-order valence-electron chi connectivity index (χ3n) is 10.2. The van der Waals surface area contributed by atoms with E-state index in [2.05, 4.69) is 22.2 Å². The molecule has 2 aromatic carbocycles. The zero-order chi connectivity index (χ0) is 33.2. The lowest BCUT2D eigenvalue weighted by molar-refractivity contribution is -0.144. The molecule has 2 aliphatic heterocycles. The standard InChI is InChI=1S/C35H43Cl2N5O5/c1-39-11-13-41(14-12-39)24-17-25(21-47-26-9-7-22(8-10-26)35(45)46)42(19-24)33(43)16-23-15-30(37)31(18-29(23)36)38-34(44)28-20-40(2)32-6-4-3-5-27(28)32/h3-6,15,18,20,22,24-26H,7-14,16-17,19,21H2,1-2H3,(H,38,44)(H,45,46)/t22-,24-,25-,26-/m0/s1. The van der Waals surface area contributed by atoms with Gasteiger partial charge >= 0.3 is 5.97 Å². The van der Waals surface area contributed by atoms with Crippen LogP contribution in [-0.4, -0.2) is 107 Å². The number of carbonyl (C=O) groups excluding carboxylic acids is 2. The summed E-state index contributed by atoms with van der Waals surface area (Å²) < 4.78 is 8.24. The molecule has 3 fully saturated rings. The molecule has 252 valence electrons. The zero-order valence-corrected chi connectivity index (χ0v) is 28.5. The number of amides is 2. The number of carboxylic acids is 1. The Hall–Kier alpha value is -3.15. The number of fused-ring (bicyclic) bond motifs is 1. The number of para-hydroxylation sites is 1. The Morgan fingerprint density at radius 1 is 0.979 bits per heavy atom. The van der Waals surface area contributed by atoms with Crippen molar-refractivity contribution in [1.29, 1.82) is 0 Å². The van der Waals surface area contributed by atoms with Gasteiger partial charge in [-0.3, -0.25) is 19.3 Å². The van der Waals surface area contributed by atoms with E-state index in [0.717, 1.165) is 56.3 Å². The lowest BCUT2D eigenvalue weighted by Gasteiger charge is -2.36. The van der Waals surface area contributed by atoms with Crippen molar-refractivity contribution in [1.82, 2.24) is 19.3 Å². The van der Waals surface area contributed by atoms with Gasteiger partial charge in [0.1, 0.15) is 0 Å². The fourth-order valence-corrected chi connectivity index (χ4v) is 7.79. The predicted molar refractivity (Wildman–Crippen MR) is 183 cm³/mol. The van der Waals surface area contributed by atoms with Crippen LogP contribution in [0.1, 0.15) is 48.0 Å². The van der Waals surface area contributed by atoms with Crippen molar-refractivity contribution in [3.8, 4) is 0 Å². The second-order valence-corrected chi connectivity index (χ2v) is 14.1. The number of piperazine rings is 1. The summed E-state index contributed by atoms with van der Waals surface area (Å²) in [5.74, 6) is -1.37. The van der Waals surface area contributed by atoms with Gasteiger partial charge in [-0.05, 0) is 62.9 Å². The number of aryl methyl sites for hydroxylation is 1. The van der Waals surface area contributed by atoms with Gasteiger partial charge in [0.05, 0.1) is 47.4 Å². The number of halogens is 2. The normalized spacial score (nSPS) is 24.1. The second kappa shape index (κ2) is 14.5. The molecule has 2 N–H and O–H groups in total. The molecule has 1 saturated carbocycles. The lowest BCUT2D eigenvalue weighted by Crippen LogP contribution is -2.50. The molecular formula is C35H43Cl2N5O5. The molecule has 3 aliphatic rings. The molecule has 3 heterocycles. The summed E-state index contributed by atoms with van der Waals surface area (Å²) in [6.45, 7) is 4.96. The summed E-state index contributed by atoms with van der Waals surface area (Å²) >= 11 is 13.4. The number of hydrogen-bond donors (Lipinski definition) is 2. The summed E-state index contributed by atoms with van der Waals surface area (Å²) in [6, 6.07) is 11.1. The van der Waals surface area contributed by atoms with Crippen LogP contribution in [0, 0.1) is 5.92 Å². The largest absolute Gasteiger partial charge is 0.481 e. The first-order chi connectivity index (χ1) is 22.6. The van der Waals surface area contributed by atoms with E-state index in [1.165, 1.54) is 0 Å². The maximum atomic E-state index is 13.9. The number of carbonyl (C=O) groups is 3. The first kappa shape index (κ1) is 33.7. The number of aromatic nitrogens is 1. The highest BCUT2D eigenvalue weighted by molar-refractivity contribution is 6.36. The van der Waals surface area contributed by atoms with Gasteiger partial charge in [-0.2, -0.15) is 0 Å². The number of carboxylic acid groups (broad SMARTS) is 1. The van der Waals surface area contributed by atoms with Crippen LogP contribution in [0.25, 0.3) is 10.9 Å². The smallest absolute Gasteiger partial charge is 0.306 e. The molecule has 3 aromatic rings. The molecule has 0 bridgehead atoms. The highest BCUT2D eigenvalue weighted by Crippen LogP contribution is 2.33. The Labute approximate surface area is 285 Å². The Kier molecular flexibility index (Phi) is 10.4. The Morgan fingerprint density at radius 3 is 2.43 bits per heavy atom. The highest BCUT2D eigenvalue weighted by atomic mass is 35.5. The zero-order valence-electron chi connectivity index (χ0n) is 27.0. The molecule has 1 aromatic heterocycles. The number of likely N-dealkylation sites (tertiary alicyclic amines) is 1. The molecule has 2 amide bonds. The van der Waals surface area contributed by atoms with Gasteiger partial charge in [0.2, 0.25) is 5.91 Å². The van der Waals surface area contributed by atoms with Gasteiger partial charge in [-0.25, -0.2) is 0 Å². The molecule has 47 heavy (non-hydrogen) atoms. The van der Waals surface area contributed by atoms with Crippen LogP contribution in [0.4, 0.5) is 5.69 Å². The Morgan fingerprint density at radius 2 is 1.70 bits per heavy atom. The quantitative estimate of drug-likeness (QED) is 0.321. The van der Waals surface area contributed by atoms with Crippen molar-refractivity contribution in [2.45, 2.75) is 56.7 Å². The fourth-order valence-electron chi connectivity index (χ4n) is 7.33. The molecule has 12 heteroatoms. The number of aliphatic carboxylic acids is 1. The maximum Gasteiger partial charge on any atom is 0.306 e.